The van der Waals surface area contributed by atoms with Crippen LogP contribution in [0.5, 0.6) is 0 Å². The van der Waals surface area contributed by atoms with E-state index in [1.807, 2.05) is 36.4 Å². The zero-order valence-corrected chi connectivity index (χ0v) is 11.7. The number of benzene rings is 1. The lowest BCUT2D eigenvalue weighted by Crippen LogP contribution is -2.12. The van der Waals surface area contributed by atoms with E-state index < -0.39 is 0 Å². The van der Waals surface area contributed by atoms with Crippen molar-refractivity contribution in [3.63, 3.8) is 0 Å². The minimum absolute atomic E-state index is 0.0497. The van der Waals surface area contributed by atoms with Crippen LogP contribution in [-0.2, 0) is 6.54 Å². The van der Waals surface area contributed by atoms with Crippen LogP contribution in [-0.4, -0.2) is 31.2 Å². The molecule has 0 unspecified atom stereocenters. The predicted octanol–water partition coefficient (Wildman–Crippen LogP) is 0.778. The van der Waals surface area contributed by atoms with Gasteiger partial charge in [0, 0.05) is 6.54 Å². The highest BCUT2D eigenvalue weighted by Gasteiger charge is 2.08. The average Bonchev–Trinajstić information content (AvgIpc) is 2.92. The van der Waals surface area contributed by atoms with Crippen LogP contribution in [0.4, 0.5) is 5.95 Å². The summed E-state index contributed by atoms with van der Waals surface area (Å²) in [6.45, 7) is 0.351. The summed E-state index contributed by atoms with van der Waals surface area (Å²) in [5.41, 5.74) is 7.60. The number of anilines is 1. The van der Waals surface area contributed by atoms with E-state index in [1.54, 1.807) is 4.57 Å². The number of aromatic amines is 1. The molecule has 22 heavy (non-hydrogen) atoms. The van der Waals surface area contributed by atoms with E-state index in [1.165, 1.54) is 6.33 Å². The van der Waals surface area contributed by atoms with Crippen LogP contribution < -0.4 is 11.3 Å². The molecular weight excluding hydrogens is 282 g/mol. The van der Waals surface area contributed by atoms with Crippen molar-refractivity contribution in [1.82, 2.24) is 19.5 Å². The van der Waals surface area contributed by atoms with Crippen LogP contribution >= 0.6 is 0 Å². The molecule has 0 saturated carbocycles. The van der Waals surface area contributed by atoms with E-state index in [0.29, 0.717) is 12.2 Å². The lowest BCUT2D eigenvalue weighted by molar-refractivity contribution is 0.350. The van der Waals surface area contributed by atoms with E-state index in [-0.39, 0.29) is 23.6 Å². The van der Waals surface area contributed by atoms with Gasteiger partial charge in [0.2, 0.25) is 5.95 Å². The molecule has 3 rings (SSSR count). The second-order valence-corrected chi connectivity index (χ2v) is 4.77. The van der Waals surface area contributed by atoms with E-state index in [2.05, 4.69) is 15.0 Å². The monoisotopic (exact) mass is 297 g/mol. The third kappa shape index (κ3) is 2.61. The number of nitrogen functional groups attached to an aromatic ring is 1. The Balaban J connectivity index is 1.96. The minimum atomic E-state index is -0.365. The number of nitrogens with zero attached hydrogens (tertiary/aromatic N) is 3. The Bertz CT molecular complexity index is 880. The summed E-state index contributed by atoms with van der Waals surface area (Å²) >= 11 is 0. The molecule has 0 saturated heterocycles. The molecule has 0 radical (unpaired) electrons. The number of aromatic nitrogens is 4. The van der Waals surface area contributed by atoms with Gasteiger partial charge >= 0.3 is 0 Å². The number of nitrogens with two attached hydrogens (primary N) is 1. The lowest BCUT2D eigenvalue weighted by atomic mass is 10.1. The molecule has 2 heterocycles. The van der Waals surface area contributed by atoms with E-state index in [0.717, 1.165) is 11.1 Å². The normalized spacial score (nSPS) is 12.0. The van der Waals surface area contributed by atoms with Gasteiger partial charge in [-0.3, -0.25) is 9.78 Å². The molecule has 7 heteroatoms. The Kier molecular flexibility index (Phi) is 3.71. The molecule has 0 aliphatic carbocycles. The predicted molar refractivity (Wildman–Crippen MR) is 84.1 cm³/mol. The molecular formula is C15H15N5O2. The van der Waals surface area contributed by atoms with Crippen molar-refractivity contribution < 1.29 is 5.11 Å². The number of aliphatic hydroxyl groups excluding tert-OH is 1. The Morgan fingerprint density at radius 1 is 1.36 bits per heavy atom. The molecule has 2 aromatic heterocycles. The molecule has 7 nitrogen and oxygen atoms in total. The minimum Gasteiger partial charge on any atom is -0.392 e. The highest BCUT2D eigenvalue weighted by molar-refractivity contribution is 5.71. The number of aliphatic hydroxyl groups is 1. The molecule has 4 N–H and O–H groups in total. The summed E-state index contributed by atoms with van der Waals surface area (Å²) in [7, 11) is 0. The number of allylic oxidation sites excluding steroid dienone is 1. The molecule has 0 aliphatic rings. The van der Waals surface area contributed by atoms with Crippen molar-refractivity contribution in [2.75, 3.05) is 12.3 Å². The summed E-state index contributed by atoms with van der Waals surface area (Å²) in [4.78, 5) is 22.3. The Hall–Kier alpha value is -2.93. The fraction of sp³-hybridized carbons (Fsp3) is 0.133. The van der Waals surface area contributed by atoms with Gasteiger partial charge in [0.1, 0.15) is 0 Å². The van der Waals surface area contributed by atoms with E-state index >= 15 is 0 Å². The van der Waals surface area contributed by atoms with Crippen LogP contribution in [0.25, 0.3) is 16.7 Å². The molecule has 0 fully saturated rings. The number of fused-ring (bicyclic) bond motifs is 1. The number of hydrogen-bond acceptors (Lipinski definition) is 5. The van der Waals surface area contributed by atoms with Crippen LogP contribution in [0.2, 0.25) is 0 Å². The van der Waals surface area contributed by atoms with Gasteiger partial charge in [0.05, 0.1) is 12.9 Å². The molecule has 0 amide bonds. The van der Waals surface area contributed by atoms with Gasteiger partial charge in [-0.15, -0.1) is 0 Å². The highest BCUT2D eigenvalue weighted by atomic mass is 16.3. The maximum absolute atomic E-state index is 11.7. The molecule has 0 spiro atoms. The second-order valence-electron chi connectivity index (χ2n) is 4.77. The second kappa shape index (κ2) is 5.82. The van der Waals surface area contributed by atoms with E-state index in [9.17, 15) is 9.90 Å². The fourth-order valence-electron chi connectivity index (χ4n) is 2.24. The Morgan fingerprint density at radius 3 is 2.86 bits per heavy atom. The molecule has 0 bridgehead atoms. The van der Waals surface area contributed by atoms with Gasteiger partial charge in [-0.2, -0.15) is 4.98 Å². The molecule has 3 aromatic rings. The zero-order chi connectivity index (χ0) is 15.5. The van der Waals surface area contributed by atoms with Crippen LogP contribution in [0.1, 0.15) is 5.56 Å². The van der Waals surface area contributed by atoms with Crippen molar-refractivity contribution in [3.8, 4) is 0 Å². The SMILES string of the molecule is Nc1nc2c(ncn2C/C=C(/CO)c2ccccc2)c(=O)[nH]1. The summed E-state index contributed by atoms with van der Waals surface area (Å²) in [5, 5.41) is 9.53. The molecule has 1 aromatic carbocycles. The van der Waals surface area contributed by atoms with E-state index in [4.69, 9.17) is 5.73 Å². The zero-order valence-electron chi connectivity index (χ0n) is 11.7. The van der Waals surface area contributed by atoms with Crippen molar-refractivity contribution in [2.24, 2.45) is 0 Å². The maximum atomic E-state index is 11.7. The quantitative estimate of drug-likeness (QED) is 0.659. The van der Waals surface area contributed by atoms with Crippen LogP contribution in [0, 0.1) is 0 Å². The summed E-state index contributed by atoms with van der Waals surface area (Å²) < 4.78 is 1.71. The average molecular weight is 297 g/mol. The van der Waals surface area contributed by atoms with Gasteiger partial charge in [0.25, 0.3) is 5.56 Å². The highest BCUT2D eigenvalue weighted by Crippen LogP contribution is 2.14. The smallest absolute Gasteiger partial charge is 0.280 e. The first-order valence-electron chi connectivity index (χ1n) is 6.75. The summed E-state index contributed by atoms with van der Waals surface area (Å²) in [6, 6.07) is 9.59. The van der Waals surface area contributed by atoms with Crippen molar-refractivity contribution in [1.29, 1.82) is 0 Å². The van der Waals surface area contributed by atoms with Crippen molar-refractivity contribution in [2.45, 2.75) is 6.54 Å². The number of imidazole rings is 1. The number of nitrogens with one attached hydrogen (secondary N) is 1. The van der Waals surface area contributed by atoms with Gasteiger partial charge in [-0.25, -0.2) is 4.98 Å². The number of hydrogen-bond donors (Lipinski definition) is 3. The summed E-state index contributed by atoms with van der Waals surface area (Å²) in [5.74, 6) is 0.0497. The lowest BCUT2D eigenvalue weighted by Gasteiger charge is -2.05. The van der Waals surface area contributed by atoms with Gasteiger partial charge < -0.3 is 15.4 Å². The first kappa shape index (κ1) is 14.0. The van der Waals surface area contributed by atoms with Crippen LogP contribution in [0.3, 0.4) is 0 Å². The first-order chi connectivity index (χ1) is 10.7. The van der Waals surface area contributed by atoms with Crippen molar-refractivity contribution in [3.05, 3.63) is 58.7 Å². The standard InChI is InChI=1S/C15H15N5O2/c16-15-18-13-12(14(22)19-15)17-9-20(13)7-6-11(8-21)10-4-2-1-3-5-10/h1-6,9,21H,7-8H2,(H3,16,18,19,22)/b11-6-. The van der Waals surface area contributed by atoms with Gasteiger partial charge in [0.15, 0.2) is 11.2 Å². The maximum Gasteiger partial charge on any atom is 0.280 e. The largest absolute Gasteiger partial charge is 0.392 e. The number of rotatable bonds is 4. The third-order valence-electron chi connectivity index (χ3n) is 3.34. The van der Waals surface area contributed by atoms with Crippen molar-refractivity contribution >= 4 is 22.7 Å². The topological polar surface area (TPSA) is 110 Å². The first-order valence-corrected chi connectivity index (χ1v) is 6.75. The molecule has 0 aliphatic heterocycles. The third-order valence-corrected chi connectivity index (χ3v) is 3.34. The van der Waals surface area contributed by atoms with Gasteiger partial charge in [-0.05, 0) is 11.1 Å². The van der Waals surface area contributed by atoms with Crippen LogP contribution in [0.15, 0.2) is 47.5 Å². The fourth-order valence-corrected chi connectivity index (χ4v) is 2.24. The Morgan fingerprint density at radius 2 is 2.14 bits per heavy atom. The Labute approximate surface area is 125 Å². The molecule has 0 atom stereocenters. The number of H-pyrrole nitrogens is 1. The van der Waals surface area contributed by atoms with Gasteiger partial charge in [-0.1, -0.05) is 36.4 Å². The summed E-state index contributed by atoms with van der Waals surface area (Å²) in [6.07, 6.45) is 3.40. The molecule has 112 valence electrons.